The lowest BCUT2D eigenvalue weighted by molar-refractivity contribution is 0.134. The molecular formula is C17H18O2. The average Bonchev–Trinajstić information content (AvgIpc) is 2.40. The predicted molar refractivity (Wildman–Crippen MR) is 75.6 cm³/mol. The largest absolute Gasteiger partial charge is 0.496 e. The number of rotatable bonds is 3. The van der Waals surface area contributed by atoms with Crippen LogP contribution >= 0.6 is 0 Å². The van der Waals surface area contributed by atoms with Crippen LogP contribution in [0.5, 0.6) is 5.75 Å². The second-order valence-electron chi connectivity index (χ2n) is 5.18. The smallest absolute Gasteiger partial charge is 0.121 e. The minimum atomic E-state index is -0.431. The summed E-state index contributed by atoms with van der Waals surface area (Å²) in [7, 11) is 1.67. The first-order valence-corrected chi connectivity index (χ1v) is 6.61. The average molecular weight is 254 g/mol. The molecular weight excluding hydrogens is 236 g/mol. The fourth-order valence-corrected chi connectivity index (χ4v) is 2.90. The molecule has 0 aromatic heterocycles. The van der Waals surface area contributed by atoms with Crippen molar-refractivity contribution in [2.75, 3.05) is 7.11 Å². The van der Waals surface area contributed by atoms with Gasteiger partial charge in [-0.2, -0.15) is 0 Å². The van der Waals surface area contributed by atoms with Crippen LogP contribution < -0.4 is 4.74 Å². The number of aryl methyl sites for hydroxylation is 1. The van der Waals surface area contributed by atoms with Crippen molar-refractivity contribution in [1.29, 1.82) is 0 Å². The van der Waals surface area contributed by atoms with Crippen molar-refractivity contribution in [3.8, 4) is 5.75 Å². The van der Waals surface area contributed by atoms with Gasteiger partial charge in [-0.25, -0.2) is 0 Å². The van der Waals surface area contributed by atoms with Crippen LogP contribution in [-0.2, 0) is 6.42 Å². The highest BCUT2D eigenvalue weighted by molar-refractivity contribution is 5.44. The lowest BCUT2D eigenvalue weighted by atomic mass is 9.73. The van der Waals surface area contributed by atoms with Crippen molar-refractivity contribution in [2.45, 2.75) is 25.4 Å². The van der Waals surface area contributed by atoms with Crippen LogP contribution in [0.3, 0.4) is 0 Å². The van der Waals surface area contributed by atoms with Gasteiger partial charge in [-0.1, -0.05) is 30.3 Å². The molecule has 2 heteroatoms. The molecule has 1 aliphatic rings. The number of fused-ring (bicyclic) bond motifs is 1. The molecule has 1 N–H and O–H groups in total. The van der Waals surface area contributed by atoms with E-state index in [2.05, 4.69) is 18.2 Å². The highest BCUT2D eigenvalue weighted by atomic mass is 16.5. The second-order valence-corrected chi connectivity index (χ2v) is 5.18. The summed E-state index contributed by atoms with van der Waals surface area (Å²) in [6.07, 6.45) is 0.530. The fourth-order valence-electron chi connectivity index (χ4n) is 2.90. The normalized spacial score (nSPS) is 18.4. The number of hydrogen-bond acceptors (Lipinski definition) is 2. The number of ether oxygens (including phenoxy) is 1. The van der Waals surface area contributed by atoms with Crippen molar-refractivity contribution in [2.24, 2.45) is 0 Å². The Labute approximate surface area is 113 Å². The molecule has 2 nitrogen and oxygen atoms in total. The lowest BCUT2D eigenvalue weighted by Crippen LogP contribution is -2.23. The maximum Gasteiger partial charge on any atom is 0.121 e. The molecule has 0 heterocycles. The van der Waals surface area contributed by atoms with Crippen LogP contribution in [0.2, 0.25) is 0 Å². The van der Waals surface area contributed by atoms with Gasteiger partial charge >= 0.3 is 0 Å². The van der Waals surface area contributed by atoms with Gasteiger partial charge in [0.25, 0.3) is 0 Å². The zero-order valence-corrected chi connectivity index (χ0v) is 11.3. The van der Waals surface area contributed by atoms with Crippen molar-refractivity contribution >= 4 is 0 Å². The topological polar surface area (TPSA) is 29.5 Å². The Kier molecular flexibility index (Phi) is 3.03. The van der Waals surface area contributed by atoms with Gasteiger partial charge in [0.05, 0.1) is 13.2 Å². The number of hydrogen-bond donors (Lipinski definition) is 1. The van der Waals surface area contributed by atoms with Gasteiger partial charge in [0.15, 0.2) is 0 Å². The molecule has 0 saturated carbocycles. The van der Waals surface area contributed by atoms with E-state index in [9.17, 15) is 5.11 Å². The predicted octanol–water partition coefficient (Wildman–Crippen LogP) is 3.38. The quantitative estimate of drug-likeness (QED) is 0.910. The molecule has 2 aromatic carbocycles. The third kappa shape index (κ3) is 2.02. The maximum absolute atomic E-state index is 10.5. The van der Waals surface area contributed by atoms with Crippen molar-refractivity contribution in [3.63, 3.8) is 0 Å². The van der Waals surface area contributed by atoms with Crippen LogP contribution in [0.25, 0.3) is 0 Å². The summed E-state index contributed by atoms with van der Waals surface area (Å²) in [6.45, 7) is 2.00. The SMILES string of the molecule is COc1ccc(C(O)C2Cc3ccccc32)cc1C. The summed E-state index contributed by atoms with van der Waals surface area (Å²) in [6, 6.07) is 14.2. The van der Waals surface area contributed by atoms with E-state index in [4.69, 9.17) is 4.74 Å². The Hall–Kier alpha value is -1.80. The van der Waals surface area contributed by atoms with Gasteiger partial charge in [-0.15, -0.1) is 0 Å². The molecule has 0 saturated heterocycles. The van der Waals surface area contributed by atoms with Gasteiger partial charge in [-0.3, -0.25) is 0 Å². The van der Waals surface area contributed by atoms with E-state index in [-0.39, 0.29) is 5.92 Å². The van der Waals surface area contributed by atoms with Crippen LogP contribution in [-0.4, -0.2) is 12.2 Å². The van der Waals surface area contributed by atoms with E-state index in [1.165, 1.54) is 11.1 Å². The number of benzene rings is 2. The summed E-state index contributed by atoms with van der Waals surface area (Å²) >= 11 is 0. The molecule has 2 atom stereocenters. The number of aliphatic hydroxyl groups excluding tert-OH is 1. The molecule has 19 heavy (non-hydrogen) atoms. The molecule has 0 radical (unpaired) electrons. The summed E-state index contributed by atoms with van der Waals surface area (Å²) in [5.41, 5.74) is 4.67. The first-order chi connectivity index (χ1) is 9.20. The number of methoxy groups -OCH3 is 1. The zero-order chi connectivity index (χ0) is 13.4. The Balaban J connectivity index is 1.86. The molecule has 0 aliphatic heterocycles. The molecule has 0 bridgehead atoms. The van der Waals surface area contributed by atoms with Crippen LogP contribution in [0.15, 0.2) is 42.5 Å². The molecule has 0 amide bonds. The van der Waals surface area contributed by atoms with Gasteiger partial charge in [-0.05, 0) is 47.7 Å². The Morgan fingerprint density at radius 1 is 1.21 bits per heavy atom. The standard InChI is InChI=1S/C17H18O2/c1-11-9-13(7-8-16(11)19-2)17(18)15-10-12-5-3-4-6-14(12)15/h3-9,15,17-18H,10H2,1-2H3. The van der Waals surface area contributed by atoms with Crippen LogP contribution in [0.1, 0.15) is 34.3 Å². The van der Waals surface area contributed by atoms with E-state index in [1.54, 1.807) is 7.11 Å². The molecule has 2 unspecified atom stereocenters. The van der Waals surface area contributed by atoms with Crippen LogP contribution in [0.4, 0.5) is 0 Å². The van der Waals surface area contributed by atoms with E-state index < -0.39 is 6.10 Å². The van der Waals surface area contributed by atoms with Crippen molar-refractivity contribution in [1.82, 2.24) is 0 Å². The van der Waals surface area contributed by atoms with E-state index in [0.29, 0.717) is 0 Å². The molecule has 1 aliphatic carbocycles. The number of aliphatic hydroxyl groups is 1. The monoisotopic (exact) mass is 254 g/mol. The fraction of sp³-hybridized carbons (Fsp3) is 0.294. The van der Waals surface area contributed by atoms with Gasteiger partial charge in [0.1, 0.15) is 5.75 Å². The van der Waals surface area contributed by atoms with E-state index in [0.717, 1.165) is 23.3 Å². The lowest BCUT2D eigenvalue weighted by Gasteiger charge is -2.34. The summed E-state index contributed by atoms with van der Waals surface area (Å²) < 4.78 is 5.26. The molecule has 98 valence electrons. The minimum Gasteiger partial charge on any atom is -0.496 e. The van der Waals surface area contributed by atoms with Crippen molar-refractivity contribution < 1.29 is 9.84 Å². The Bertz CT molecular complexity index is 604. The summed E-state index contributed by atoms with van der Waals surface area (Å²) in [4.78, 5) is 0. The molecule has 0 fully saturated rings. The Morgan fingerprint density at radius 3 is 2.68 bits per heavy atom. The molecule has 3 rings (SSSR count). The summed E-state index contributed by atoms with van der Waals surface area (Å²) in [5, 5.41) is 10.5. The first kappa shape index (κ1) is 12.2. The van der Waals surface area contributed by atoms with Crippen LogP contribution in [0, 0.1) is 6.92 Å². The van der Waals surface area contributed by atoms with Gasteiger partial charge in [0, 0.05) is 5.92 Å². The highest BCUT2D eigenvalue weighted by Crippen LogP contribution is 2.43. The van der Waals surface area contributed by atoms with Gasteiger partial charge < -0.3 is 9.84 Å². The maximum atomic E-state index is 10.5. The van der Waals surface area contributed by atoms with E-state index >= 15 is 0 Å². The highest BCUT2D eigenvalue weighted by Gasteiger charge is 2.32. The minimum absolute atomic E-state index is 0.226. The zero-order valence-electron chi connectivity index (χ0n) is 11.3. The Morgan fingerprint density at radius 2 is 2.00 bits per heavy atom. The summed E-state index contributed by atoms with van der Waals surface area (Å²) in [5.74, 6) is 1.09. The molecule has 0 spiro atoms. The first-order valence-electron chi connectivity index (χ1n) is 6.61. The van der Waals surface area contributed by atoms with E-state index in [1.807, 2.05) is 31.2 Å². The van der Waals surface area contributed by atoms with Gasteiger partial charge in [0.2, 0.25) is 0 Å². The second kappa shape index (κ2) is 4.71. The third-order valence-corrected chi connectivity index (χ3v) is 4.04. The van der Waals surface area contributed by atoms with Crippen molar-refractivity contribution in [3.05, 3.63) is 64.7 Å². The third-order valence-electron chi connectivity index (χ3n) is 4.04. The molecule has 2 aromatic rings.